The zero-order valence-corrected chi connectivity index (χ0v) is 8.86. The van der Waals surface area contributed by atoms with Crippen molar-refractivity contribution in [1.82, 2.24) is 4.31 Å². The average Bonchev–Trinajstić information content (AvgIpc) is 1.96. The molecule has 0 bridgehead atoms. The van der Waals surface area contributed by atoms with Gasteiger partial charge in [0.15, 0.2) is 0 Å². The van der Waals surface area contributed by atoms with Gasteiger partial charge in [-0.3, -0.25) is 4.79 Å². The highest BCUT2D eigenvalue weighted by atomic mass is 32.2. The first-order chi connectivity index (χ1) is 6.16. The maximum atomic E-state index is 11.0. The molecule has 7 nitrogen and oxygen atoms in total. The number of hydrogen-bond acceptors (Lipinski definition) is 4. The lowest BCUT2D eigenvalue weighted by molar-refractivity contribution is -0.138. The minimum Gasteiger partial charge on any atom is -0.480 e. The van der Waals surface area contributed by atoms with Gasteiger partial charge in [0.1, 0.15) is 6.04 Å². The second kappa shape index (κ2) is 4.69. The van der Waals surface area contributed by atoms with E-state index in [0.29, 0.717) is 0 Å². The number of carboxylic acid groups (broad SMARTS) is 1. The van der Waals surface area contributed by atoms with Gasteiger partial charge in [-0.2, -0.15) is 12.7 Å². The highest BCUT2D eigenvalue weighted by Crippen LogP contribution is 2.03. The van der Waals surface area contributed by atoms with Gasteiger partial charge in [-0.05, 0) is 13.8 Å². The second-order valence-corrected chi connectivity index (χ2v) is 4.65. The molecule has 0 rings (SSSR count). The largest absolute Gasteiger partial charge is 0.480 e. The van der Waals surface area contributed by atoms with E-state index in [0.717, 1.165) is 4.31 Å². The Morgan fingerprint density at radius 1 is 1.50 bits per heavy atom. The third-order valence-electron chi connectivity index (χ3n) is 1.60. The molecule has 0 aliphatic rings. The van der Waals surface area contributed by atoms with Crippen LogP contribution in [0, 0.1) is 0 Å². The lowest BCUT2D eigenvalue weighted by atomic mass is 10.3. The lowest BCUT2D eigenvalue weighted by Gasteiger charge is -2.24. The van der Waals surface area contributed by atoms with Crippen molar-refractivity contribution in [2.24, 2.45) is 10.9 Å². The third-order valence-corrected chi connectivity index (χ3v) is 2.82. The van der Waals surface area contributed by atoms with Crippen LogP contribution >= 0.6 is 0 Å². The van der Waals surface area contributed by atoms with Crippen LogP contribution in [0.3, 0.4) is 0 Å². The van der Waals surface area contributed by atoms with Gasteiger partial charge in [0.2, 0.25) is 0 Å². The highest BCUT2D eigenvalue weighted by Gasteiger charge is 2.25. The summed E-state index contributed by atoms with van der Waals surface area (Å²) in [6.07, 6.45) is 0. The van der Waals surface area contributed by atoms with Crippen molar-refractivity contribution in [2.75, 3.05) is 6.54 Å². The standard InChI is InChI=1S/C6H15N3O4S/c1-4(2)9(14(8,12)13)3-5(7)6(10)11/h4-5H,3,7H2,1-2H3,(H,10,11)(H2,8,12,13)/t5-/m0/s1. The number of nitrogens with two attached hydrogens (primary N) is 2. The summed E-state index contributed by atoms with van der Waals surface area (Å²) in [7, 11) is -3.90. The molecule has 0 amide bonds. The number of carboxylic acids is 1. The van der Waals surface area contributed by atoms with E-state index < -0.39 is 28.3 Å². The van der Waals surface area contributed by atoms with Crippen molar-refractivity contribution < 1.29 is 18.3 Å². The highest BCUT2D eigenvalue weighted by molar-refractivity contribution is 7.86. The van der Waals surface area contributed by atoms with E-state index in [1.807, 2.05) is 0 Å². The Morgan fingerprint density at radius 3 is 2.14 bits per heavy atom. The Balaban J connectivity index is 4.65. The molecule has 14 heavy (non-hydrogen) atoms. The van der Waals surface area contributed by atoms with Gasteiger partial charge in [-0.15, -0.1) is 0 Å². The maximum absolute atomic E-state index is 11.0. The third kappa shape index (κ3) is 4.01. The molecule has 0 spiro atoms. The van der Waals surface area contributed by atoms with Crippen molar-refractivity contribution in [1.29, 1.82) is 0 Å². The molecule has 0 aromatic carbocycles. The van der Waals surface area contributed by atoms with Crippen molar-refractivity contribution in [3.8, 4) is 0 Å². The van der Waals surface area contributed by atoms with E-state index in [9.17, 15) is 13.2 Å². The maximum Gasteiger partial charge on any atom is 0.321 e. The molecule has 0 heterocycles. The van der Waals surface area contributed by atoms with Crippen LogP contribution in [0.1, 0.15) is 13.8 Å². The smallest absolute Gasteiger partial charge is 0.321 e. The van der Waals surface area contributed by atoms with E-state index in [-0.39, 0.29) is 6.54 Å². The van der Waals surface area contributed by atoms with Crippen molar-refractivity contribution in [2.45, 2.75) is 25.9 Å². The number of aliphatic carboxylic acids is 1. The Morgan fingerprint density at radius 2 is 1.93 bits per heavy atom. The normalized spacial score (nSPS) is 14.7. The van der Waals surface area contributed by atoms with E-state index in [1.165, 1.54) is 0 Å². The summed E-state index contributed by atoms with van der Waals surface area (Å²) in [5.74, 6) is -1.26. The Hall–Kier alpha value is -0.700. The first kappa shape index (κ1) is 13.3. The van der Waals surface area contributed by atoms with Crippen LogP contribution in [0.4, 0.5) is 0 Å². The summed E-state index contributed by atoms with van der Waals surface area (Å²) in [5, 5.41) is 13.4. The van der Waals surface area contributed by atoms with Crippen LogP contribution in [0.15, 0.2) is 0 Å². The fraction of sp³-hybridized carbons (Fsp3) is 0.833. The first-order valence-corrected chi connectivity index (χ1v) is 5.44. The topological polar surface area (TPSA) is 127 Å². The Labute approximate surface area is 82.9 Å². The number of carbonyl (C=O) groups is 1. The SMILES string of the molecule is CC(C)N(C[C@H](N)C(=O)O)S(N)(=O)=O. The number of rotatable bonds is 5. The number of hydrogen-bond donors (Lipinski definition) is 3. The molecule has 0 radical (unpaired) electrons. The molecule has 1 atom stereocenters. The molecule has 0 aromatic rings. The predicted molar refractivity (Wildman–Crippen MR) is 50.6 cm³/mol. The van der Waals surface area contributed by atoms with Gasteiger partial charge < -0.3 is 10.8 Å². The van der Waals surface area contributed by atoms with Crippen LogP contribution in [0.2, 0.25) is 0 Å². The van der Waals surface area contributed by atoms with Crippen molar-refractivity contribution in [3.63, 3.8) is 0 Å². The summed E-state index contributed by atoms with van der Waals surface area (Å²) >= 11 is 0. The van der Waals surface area contributed by atoms with Crippen LogP contribution in [-0.4, -0.2) is 42.4 Å². The summed E-state index contributed by atoms with van der Waals surface area (Å²) in [4.78, 5) is 10.4. The van der Waals surface area contributed by atoms with Crippen LogP contribution < -0.4 is 10.9 Å². The molecule has 84 valence electrons. The van der Waals surface area contributed by atoms with Gasteiger partial charge in [-0.25, -0.2) is 5.14 Å². The molecule has 0 saturated heterocycles. The summed E-state index contributed by atoms with van der Waals surface area (Å²) in [5.41, 5.74) is 5.19. The monoisotopic (exact) mass is 225 g/mol. The lowest BCUT2D eigenvalue weighted by Crippen LogP contribution is -2.50. The van der Waals surface area contributed by atoms with Crippen molar-refractivity contribution >= 4 is 16.2 Å². The van der Waals surface area contributed by atoms with E-state index in [2.05, 4.69) is 0 Å². The Bertz CT molecular complexity index is 300. The fourth-order valence-electron chi connectivity index (χ4n) is 0.881. The van der Waals surface area contributed by atoms with Crippen LogP contribution in [0.25, 0.3) is 0 Å². The molecular weight excluding hydrogens is 210 g/mol. The molecule has 5 N–H and O–H groups in total. The summed E-state index contributed by atoms with van der Waals surface area (Å²) < 4.78 is 22.8. The molecule has 0 aliphatic carbocycles. The van der Waals surface area contributed by atoms with Crippen LogP contribution in [0.5, 0.6) is 0 Å². The second-order valence-electron chi connectivity index (χ2n) is 3.15. The van der Waals surface area contributed by atoms with Gasteiger partial charge >= 0.3 is 5.97 Å². The van der Waals surface area contributed by atoms with Crippen LogP contribution in [-0.2, 0) is 15.0 Å². The van der Waals surface area contributed by atoms with Gasteiger partial charge in [0.25, 0.3) is 10.2 Å². The van der Waals surface area contributed by atoms with E-state index in [4.69, 9.17) is 16.0 Å². The summed E-state index contributed by atoms with van der Waals surface area (Å²) in [6, 6.07) is -1.69. The van der Waals surface area contributed by atoms with Gasteiger partial charge in [0, 0.05) is 12.6 Å². The minimum atomic E-state index is -3.90. The molecule has 0 aliphatic heterocycles. The molecule has 0 unspecified atom stereocenters. The van der Waals surface area contributed by atoms with Gasteiger partial charge in [-0.1, -0.05) is 0 Å². The zero-order valence-electron chi connectivity index (χ0n) is 8.04. The first-order valence-electron chi connectivity index (χ1n) is 3.94. The molecular formula is C6H15N3O4S. The molecule has 0 fully saturated rings. The van der Waals surface area contributed by atoms with Crippen molar-refractivity contribution in [3.05, 3.63) is 0 Å². The number of nitrogens with zero attached hydrogens (tertiary/aromatic N) is 1. The Kier molecular flexibility index (Phi) is 4.46. The molecule has 0 saturated carbocycles. The minimum absolute atomic E-state index is 0.328. The quantitative estimate of drug-likeness (QED) is 0.514. The zero-order chi connectivity index (χ0) is 11.5. The average molecular weight is 225 g/mol. The van der Waals surface area contributed by atoms with E-state index in [1.54, 1.807) is 13.8 Å². The summed E-state index contributed by atoms with van der Waals surface area (Å²) in [6.45, 7) is 2.84. The fourth-order valence-corrected chi connectivity index (χ4v) is 1.84. The van der Waals surface area contributed by atoms with Gasteiger partial charge in [0.05, 0.1) is 0 Å². The molecule has 0 aromatic heterocycles. The molecule has 8 heteroatoms. The van der Waals surface area contributed by atoms with E-state index >= 15 is 0 Å². The predicted octanol–water partition coefficient (Wildman–Crippen LogP) is -1.69.